The summed E-state index contributed by atoms with van der Waals surface area (Å²) in [5.74, 6) is -0.373. The maximum atomic E-state index is 14.4. The number of aromatic nitrogens is 2. The highest BCUT2D eigenvalue weighted by Crippen LogP contribution is 2.35. The van der Waals surface area contributed by atoms with Gasteiger partial charge in [0, 0.05) is 6.54 Å². The molecule has 1 saturated heterocycles. The molecule has 39 heavy (non-hydrogen) atoms. The first-order valence-corrected chi connectivity index (χ1v) is 14.1. The number of likely N-dealkylation sites (tertiary alicyclic amines) is 1. The third-order valence-electron chi connectivity index (χ3n) is 6.47. The van der Waals surface area contributed by atoms with Crippen molar-refractivity contribution < 1.29 is 22.3 Å². The van der Waals surface area contributed by atoms with Gasteiger partial charge >= 0.3 is 6.09 Å². The maximum Gasteiger partial charge on any atom is 0.410 e. The van der Waals surface area contributed by atoms with Gasteiger partial charge in [-0.15, -0.1) is 0 Å². The molecule has 5 rings (SSSR count). The fourth-order valence-electron chi connectivity index (χ4n) is 4.83. The van der Waals surface area contributed by atoms with E-state index >= 15 is 0 Å². The lowest BCUT2D eigenvalue weighted by Crippen LogP contribution is -2.38. The molecule has 0 radical (unpaired) electrons. The number of amides is 1. The van der Waals surface area contributed by atoms with E-state index in [4.69, 9.17) is 9.72 Å². The molecule has 0 saturated carbocycles. The van der Waals surface area contributed by atoms with Crippen molar-refractivity contribution in [3.63, 3.8) is 0 Å². The standard InChI is InChI=1S/C29H28FN3O5S/c1-29(2,3)38-28(35)32-17-9-15-23(32)26-31-22-14-8-16-24(39(36,37)21-12-5-4-6-13-21)25(22)27(34)33(26)20-11-7-10-19(30)18-20/h4-8,10-14,16,18,23H,9,15,17H2,1-3H3. The zero-order chi connectivity index (χ0) is 27.9. The lowest BCUT2D eigenvalue weighted by Gasteiger charge is -2.29. The largest absolute Gasteiger partial charge is 0.444 e. The van der Waals surface area contributed by atoms with Crippen molar-refractivity contribution in [3.05, 3.63) is 94.8 Å². The topological polar surface area (TPSA) is 98.6 Å². The molecule has 4 aromatic rings. The number of benzene rings is 3. The maximum absolute atomic E-state index is 14.4. The number of hydrogen-bond donors (Lipinski definition) is 0. The lowest BCUT2D eigenvalue weighted by atomic mass is 10.1. The number of nitrogens with zero attached hydrogens (tertiary/aromatic N) is 3. The van der Waals surface area contributed by atoms with E-state index in [9.17, 15) is 22.4 Å². The SMILES string of the molecule is CC(C)(C)OC(=O)N1CCCC1c1nc2cccc(S(=O)(=O)c3ccccc3)c2c(=O)n1-c1cccc(F)c1. The third kappa shape index (κ3) is 5.04. The third-order valence-corrected chi connectivity index (χ3v) is 8.29. The van der Waals surface area contributed by atoms with E-state index in [2.05, 4.69) is 0 Å². The first kappa shape index (κ1) is 26.6. The van der Waals surface area contributed by atoms with Gasteiger partial charge in [0.05, 0.1) is 32.4 Å². The molecule has 1 aromatic heterocycles. The van der Waals surface area contributed by atoms with Crippen molar-refractivity contribution in [1.29, 1.82) is 0 Å². The van der Waals surface area contributed by atoms with Crippen molar-refractivity contribution in [2.75, 3.05) is 6.54 Å². The van der Waals surface area contributed by atoms with Crippen LogP contribution in [-0.4, -0.2) is 41.1 Å². The lowest BCUT2D eigenvalue weighted by molar-refractivity contribution is 0.0216. The average Bonchev–Trinajstić information content (AvgIpc) is 3.38. The van der Waals surface area contributed by atoms with Crippen LogP contribution in [0.25, 0.3) is 16.6 Å². The monoisotopic (exact) mass is 549 g/mol. The highest BCUT2D eigenvalue weighted by atomic mass is 32.2. The number of halogens is 1. The van der Waals surface area contributed by atoms with Crippen molar-refractivity contribution in [1.82, 2.24) is 14.5 Å². The Morgan fingerprint density at radius 1 is 1.03 bits per heavy atom. The van der Waals surface area contributed by atoms with Crippen LogP contribution in [0.2, 0.25) is 0 Å². The highest BCUT2D eigenvalue weighted by Gasteiger charge is 2.37. The highest BCUT2D eigenvalue weighted by molar-refractivity contribution is 7.91. The average molecular weight is 550 g/mol. The van der Waals surface area contributed by atoms with E-state index in [1.165, 1.54) is 51.9 Å². The minimum Gasteiger partial charge on any atom is -0.444 e. The molecular formula is C29H28FN3O5S. The van der Waals surface area contributed by atoms with Gasteiger partial charge in [-0.25, -0.2) is 22.6 Å². The summed E-state index contributed by atoms with van der Waals surface area (Å²) in [6, 6.07) is 17.1. The van der Waals surface area contributed by atoms with Gasteiger partial charge < -0.3 is 4.74 Å². The van der Waals surface area contributed by atoms with Gasteiger partial charge in [-0.1, -0.05) is 30.3 Å². The minimum atomic E-state index is -4.08. The Morgan fingerprint density at radius 2 is 1.74 bits per heavy atom. The van der Waals surface area contributed by atoms with Gasteiger partial charge in [0.25, 0.3) is 5.56 Å². The molecule has 0 aliphatic carbocycles. The predicted octanol–water partition coefficient (Wildman–Crippen LogP) is 5.43. The second-order valence-corrected chi connectivity index (χ2v) is 12.3. The molecule has 0 spiro atoms. The van der Waals surface area contributed by atoms with Crippen LogP contribution in [0.1, 0.15) is 45.5 Å². The number of fused-ring (bicyclic) bond motifs is 1. The molecule has 0 bridgehead atoms. The number of sulfone groups is 1. The Kier molecular flexibility index (Phi) is 6.76. The summed E-state index contributed by atoms with van der Waals surface area (Å²) in [6.45, 7) is 5.68. The smallest absolute Gasteiger partial charge is 0.410 e. The molecule has 202 valence electrons. The summed E-state index contributed by atoms with van der Waals surface area (Å²) in [5, 5.41) is -0.115. The quantitative estimate of drug-likeness (QED) is 0.337. The Labute approximate surface area is 225 Å². The van der Waals surface area contributed by atoms with E-state index in [-0.39, 0.29) is 32.2 Å². The van der Waals surface area contributed by atoms with Crippen LogP contribution >= 0.6 is 0 Å². The second kappa shape index (κ2) is 9.92. The number of rotatable bonds is 4. The minimum absolute atomic E-state index is 0.0326. The van der Waals surface area contributed by atoms with Crippen LogP contribution in [-0.2, 0) is 14.6 Å². The number of carbonyl (C=O) groups is 1. The van der Waals surface area contributed by atoms with Gasteiger partial charge in [-0.3, -0.25) is 14.3 Å². The predicted molar refractivity (Wildman–Crippen MR) is 144 cm³/mol. The summed E-state index contributed by atoms with van der Waals surface area (Å²) in [6.07, 6.45) is 0.586. The number of ether oxygens (including phenoxy) is 1. The first-order valence-electron chi connectivity index (χ1n) is 12.6. The van der Waals surface area contributed by atoms with Gasteiger partial charge in [-0.2, -0.15) is 0 Å². The Morgan fingerprint density at radius 3 is 2.44 bits per heavy atom. The fraction of sp³-hybridized carbons (Fsp3) is 0.276. The molecule has 3 aromatic carbocycles. The van der Waals surface area contributed by atoms with E-state index in [0.29, 0.717) is 19.4 Å². The summed E-state index contributed by atoms with van der Waals surface area (Å²) in [7, 11) is -4.08. The molecule has 10 heteroatoms. The normalized spacial score (nSPS) is 16.0. The summed E-state index contributed by atoms with van der Waals surface area (Å²) in [5.41, 5.74) is -1.07. The van der Waals surface area contributed by atoms with Crippen molar-refractivity contribution >= 4 is 26.8 Å². The number of carbonyl (C=O) groups excluding carboxylic acids is 1. The summed E-state index contributed by atoms with van der Waals surface area (Å²) in [4.78, 5) is 33.4. The zero-order valence-corrected chi connectivity index (χ0v) is 22.6. The van der Waals surface area contributed by atoms with Gasteiger partial charge in [0.15, 0.2) is 0 Å². The molecular weight excluding hydrogens is 521 g/mol. The van der Waals surface area contributed by atoms with E-state index < -0.39 is 38.9 Å². The molecule has 1 aliphatic rings. The summed E-state index contributed by atoms with van der Waals surface area (Å²) >= 11 is 0. The van der Waals surface area contributed by atoms with Crippen molar-refractivity contribution in [2.45, 2.75) is 55.0 Å². The molecule has 2 heterocycles. The number of hydrogen-bond acceptors (Lipinski definition) is 6. The van der Waals surface area contributed by atoms with Crippen LogP contribution in [0.5, 0.6) is 0 Å². The molecule has 8 nitrogen and oxygen atoms in total. The van der Waals surface area contributed by atoms with Crippen molar-refractivity contribution in [2.24, 2.45) is 0 Å². The van der Waals surface area contributed by atoms with E-state index in [1.807, 2.05) is 0 Å². The van der Waals surface area contributed by atoms with Crippen LogP contribution < -0.4 is 5.56 Å². The van der Waals surface area contributed by atoms with Gasteiger partial charge in [0.2, 0.25) is 9.84 Å². The Hall–Kier alpha value is -4.05. The molecule has 1 aliphatic heterocycles. The van der Waals surface area contributed by atoms with Gasteiger partial charge in [0.1, 0.15) is 17.2 Å². The van der Waals surface area contributed by atoms with Crippen LogP contribution in [0, 0.1) is 5.82 Å². The van der Waals surface area contributed by atoms with Gasteiger partial charge in [-0.05, 0) is 76.1 Å². The fourth-order valence-corrected chi connectivity index (χ4v) is 6.32. The second-order valence-electron chi connectivity index (χ2n) is 10.4. The van der Waals surface area contributed by atoms with E-state index in [1.54, 1.807) is 51.1 Å². The van der Waals surface area contributed by atoms with Crippen LogP contribution in [0.4, 0.5) is 9.18 Å². The zero-order valence-electron chi connectivity index (χ0n) is 21.8. The van der Waals surface area contributed by atoms with Crippen LogP contribution in [0.3, 0.4) is 0 Å². The molecule has 1 fully saturated rings. The van der Waals surface area contributed by atoms with Crippen molar-refractivity contribution in [3.8, 4) is 5.69 Å². The molecule has 1 unspecified atom stereocenters. The van der Waals surface area contributed by atoms with E-state index in [0.717, 1.165) is 0 Å². The molecule has 0 N–H and O–H groups in total. The molecule has 1 atom stereocenters. The Bertz CT molecular complexity index is 1730. The Balaban J connectivity index is 1.78. The molecule has 1 amide bonds. The summed E-state index contributed by atoms with van der Waals surface area (Å²) < 4.78 is 48.4. The van der Waals surface area contributed by atoms with Crippen LogP contribution in [0.15, 0.2) is 87.4 Å². The first-order chi connectivity index (χ1) is 18.5.